The van der Waals surface area contributed by atoms with Crippen molar-refractivity contribution in [1.82, 2.24) is 9.78 Å². The standard InChI is InChI=1S/C22H23ClN4O/c1-14-21(15(2)27(26-14)13-18-5-3-4-6-19(18)23)20(28)12-9-16-7-10-17(11-8-16)22(24)25/h3-8,10-11H,9,12-13H2,1-2H3,(H3,24,25). The molecule has 1 heterocycles. The van der Waals surface area contributed by atoms with E-state index in [1.807, 2.05) is 54.9 Å². The largest absolute Gasteiger partial charge is 0.384 e. The predicted octanol–water partition coefficient (Wildman–Crippen LogP) is 4.30. The van der Waals surface area contributed by atoms with Gasteiger partial charge >= 0.3 is 0 Å². The van der Waals surface area contributed by atoms with Gasteiger partial charge in [-0.25, -0.2) is 0 Å². The second kappa shape index (κ2) is 8.40. The summed E-state index contributed by atoms with van der Waals surface area (Å²) in [4.78, 5) is 12.8. The fourth-order valence-corrected chi connectivity index (χ4v) is 3.47. The fourth-order valence-electron chi connectivity index (χ4n) is 3.28. The smallest absolute Gasteiger partial charge is 0.166 e. The Morgan fingerprint density at radius 2 is 1.82 bits per heavy atom. The summed E-state index contributed by atoms with van der Waals surface area (Å²) < 4.78 is 1.84. The highest BCUT2D eigenvalue weighted by molar-refractivity contribution is 6.31. The van der Waals surface area contributed by atoms with Gasteiger partial charge in [-0.15, -0.1) is 0 Å². The van der Waals surface area contributed by atoms with Gasteiger partial charge in [-0.05, 0) is 37.5 Å². The van der Waals surface area contributed by atoms with Crippen molar-refractivity contribution < 1.29 is 4.79 Å². The van der Waals surface area contributed by atoms with Crippen molar-refractivity contribution in [3.05, 3.63) is 87.2 Å². The number of nitrogens with zero attached hydrogens (tertiary/aromatic N) is 2. The number of nitrogens with two attached hydrogens (primary N) is 1. The molecule has 0 spiro atoms. The molecule has 0 atom stereocenters. The number of amidine groups is 1. The van der Waals surface area contributed by atoms with Crippen molar-refractivity contribution in [2.75, 3.05) is 0 Å². The van der Waals surface area contributed by atoms with Gasteiger partial charge in [0.05, 0.1) is 17.8 Å². The van der Waals surface area contributed by atoms with E-state index in [1.54, 1.807) is 12.1 Å². The molecule has 3 N–H and O–H groups in total. The zero-order valence-corrected chi connectivity index (χ0v) is 16.8. The molecular formula is C22H23ClN4O. The Morgan fingerprint density at radius 3 is 2.46 bits per heavy atom. The SMILES string of the molecule is Cc1nn(Cc2ccccc2Cl)c(C)c1C(=O)CCc1ccc(C(=N)N)cc1. The minimum atomic E-state index is 0.0415. The van der Waals surface area contributed by atoms with E-state index in [0.717, 1.165) is 22.5 Å². The lowest BCUT2D eigenvalue weighted by atomic mass is 10.0. The maximum absolute atomic E-state index is 12.8. The summed E-state index contributed by atoms with van der Waals surface area (Å²) >= 11 is 6.25. The first-order chi connectivity index (χ1) is 13.4. The fraction of sp³-hybridized carbons (Fsp3) is 0.227. The van der Waals surface area contributed by atoms with E-state index < -0.39 is 0 Å². The first-order valence-electron chi connectivity index (χ1n) is 9.10. The minimum absolute atomic E-state index is 0.0415. The summed E-state index contributed by atoms with van der Waals surface area (Å²) in [6.07, 6.45) is 1.03. The quantitative estimate of drug-likeness (QED) is 0.356. The van der Waals surface area contributed by atoms with E-state index in [1.165, 1.54) is 0 Å². The number of carbonyl (C=O) groups excluding carboxylic acids is 1. The van der Waals surface area contributed by atoms with Gasteiger partial charge in [-0.3, -0.25) is 14.9 Å². The number of hydrogen-bond donors (Lipinski definition) is 2. The monoisotopic (exact) mass is 394 g/mol. The van der Waals surface area contributed by atoms with E-state index in [9.17, 15) is 4.79 Å². The number of ketones is 1. The average molecular weight is 395 g/mol. The van der Waals surface area contributed by atoms with Gasteiger partial charge in [0.25, 0.3) is 0 Å². The van der Waals surface area contributed by atoms with Gasteiger partial charge in [-0.2, -0.15) is 5.10 Å². The van der Waals surface area contributed by atoms with Gasteiger partial charge in [0.1, 0.15) is 5.84 Å². The van der Waals surface area contributed by atoms with Crippen LogP contribution < -0.4 is 5.73 Å². The van der Waals surface area contributed by atoms with Crippen LogP contribution in [0.2, 0.25) is 5.02 Å². The van der Waals surface area contributed by atoms with Crippen LogP contribution in [0.5, 0.6) is 0 Å². The third kappa shape index (κ3) is 4.31. The third-order valence-electron chi connectivity index (χ3n) is 4.84. The summed E-state index contributed by atoms with van der Waals surface area (Å²) in [6, 6.07) is 15.1. The van der Waals surface area contributed by atoms with Gasteiger partial charge < -0.3 is 5.73 Å². The van der Waals surface area contributed by atoms with E-state index in [2.05, 4.69) is 5.10 Å². The molecule has 0 unspecified atom stereocenters. The van der Waals surface area contributed by atoms with Crippen LogP contribution >= 0.6 is 11.6 Å². The van der Waals surface area contributed by atoms with Crippen LogP contribution in [0.1, 0.15) is 44.9 Å². The maximum Gasteiger partial charge on any atom is 0.166 e. The molecule has 5 nitrogen and oxygen atoms in total. The first kappa shape index (κ1) is 19.8. The summed E-state index contributed by atoms with van der Waals surface area (Å²) in [5.74, 6) is 0.121. The van der Waals surface area contributed by atoms with Gasteiger partial charge in [-0.1, -0.05) is 54.1 Å². The van der Waals surface area contributed by atoms with E-state index in [-0.39, 0.29) is 11.6 Å². The van der Waals surface area contributed by atoms with E-state index in [0.29, 0.717) is 35.5 Å². The maximum atomic E-state index is 12.8. The van der Waals surface area contributed by atoms with Gasteiger partial charge in [0, 0.05) is 22.7 Å². The lowest BCUT2D eigenvalue weighted by molar-refractivity contribution is 0.0981. The average Bonchev–Trinajstić information content (AvgIpc) is 2.95. The Bertz CT molecular complexity index is 1020. The lowest BCUT2D eigenvalue weighted by Crippen LogP contribution is -2.10. The van der Waals surface area contributed by atoms with E-state index >= 15 is 0 Å². The molecule has 0 fully saturated rings. The Hall–Kier alpha value is -2.92. The molecule has 0 radical (unpaired) electrons. The molecule has 0 aliphatic heterocycles. The number of rotatable bonds is 7. The van der Waals surface area contributed by atoms with Crippen molar-refractivity contribution in [2.24, 2.45) is 5.73 Å². The lowest BCUT2D eigenvalue weighted by Gasteiger charge is -2.07. The van der Waals surface area contributed by atoms with Crippen LogP contribution in [-0.4, -0.2) is 21.4 Å². The topological polar surface area (TPSA) is 84.8 Å². The Morgan fingerprint density at radius 1 is 1.14 bits per heavy atom. The number of Topliss-reactive ketones (excluding diaryl/α,β-unsaturated/α-hetero) is 1. The van der Waals surface area contributed by atoms with Crippen LogP contribution in [0.25, 0.3) is 0 Å². The summed E-state index contributed by atoms with van der Waals surface area (Å²) in [5, 5.41) is 12.7. The van der Waals surface area contributed by atoms with Crippen LogP contribution in [0.15, 0.2) is 48.5 Å². The van der Waals surface area contributed by atoms with Crippen LogP contribution in [0.4, 0.5) is 0 Å². The minimum Gasteiger partial charge on any atom is -0.384 e. The second-order valence-corrected chi connectivity index (χ2v) is 7.24. The Kier molecular flexibility index (Phi) is 5.95. The molecule has 0 aliphatic carbocycles. The van der Waals surface area contributed by atoms with Crippen LogP contribution in [0, 0.1) is 19.3 Å². The molecule has 1 aromatic heterocycles. The molecule has 3 aromatic rings. The number of carbonyl (C=O) groups is 1. The molecule has 0 aliphatic rings. The molecule has 0 saturated heterocycles. The van der Waals surface area contributed by atoms with Gasteiger partial charge in [0.15, 0.2) is 5.78 Å². The molecule has 2 aromatic carbocycles. The van der Waals surface area contributed by atoms with Crippen molar-refractivity contribution in [2.45, 2.75) is 33.2 Å². The second-order valence-electron chi connectivity index (χ2n) is 6.83. The predicted molar refractivity (Wildman–Crippen MR) is 112 cm³/mol. The van der Waals surface area contributed by atoms with Crippen molar-refractivity contribution in [3.8, 4) is 0 Å². The number of hydrogen-bond acceptors (Lipinski definition) is 3. The Labute approximate surface area is 169 Å². The molecule has 6 heteroatoms. The van der Waals surface area contributed by atoms with Crippen LogP contribution in [0.3, 0.4) is 0 Å². The summed E-state index contributed by atoms with van der Waals surface area (Å²) in [5.41, 5.74) is 10.4. The summed E-state index contributed by atoms with van der Waals surface area (Å²) in [7, 11) is 0. The molecule has 0 bridgehead atoms. The highest BCUT2D eigenvalue weighted by atomic mass is 35.5. The van der Waals surface area contributed by atoms with E-state index in [4.69, 9.17) is 22.7 Å². The molecule has 144 valence electrons. The number of nitrogen functional groups attached to an aromatic ring is 1. The number of benzene rings is 2. The highest BCUT2D eigenvalue weighted by Crippen LogP contribution is 2.21. The number of nitrogens with one attached hydrogen (secondary N) is 1. The number of aromatic nitrogens is 2. The van der Waals surface area contributed by atoms with Crippen molar-refractivity contribution in [3.63, 3.8) is 0 Å². The third-order valence-corrected chi connectivity index (χ3v) is 5.21. The number of aryl methyl sites for hydroxylation is 2. The summed E-state index contributed by atoms with van der Waals surface area (Å²) in [6.45, 7) is 4.32. The molecule has 0 amide bonds. The zero-order valence-electron chi connectivity index (χ0n) is 16.0. The molecule has 3 rings (SSSR count). The molecular weight excluding hydrogens is 372 g/mol. The van der Waals surface area contributed by atoms with Gasteiger partial charge in [0.2, 0.25) is 0 Å². The van der Waals surface area contributed by atoms with Crippen molar-refractivity contribution in [1.29, 1.82) is 5.41 Å². The normalized spacial score (nSPS) is 10.8. The molecule has 0 saturated carbocycles. The Balaban J connectivity index is 1.72. The highest BCUT2D eigenvalue weighted by Gasteiger charge is 2.19. The van der Waals surface area contributed by atoms with Crippen molar-refractivity contribution >= 4 is 23.2 Å². The number of halogens is 1. The first-order valence-corrected chi connectivity index (χ1v) is 9.48. The molecule has 28 heavy (non-hydrogen) atoms. The zero-order chi connectivity index (χ0) is 20.3. The van der Waals surface area contributed by atoms with Crippen LogP contribution in [-0.2, 0) is 13.0 Å².